The molecule has 3 rings (SSSR count). The molecule has 194 valence electrons. The molecule has 0 unspecified atom stereocenters. The zero-order valence-corrected chi connectivity index (χ0v) is 21.6. The predicted molar refractivity (Wildman–Crippen MR) is 126 cm³/mol. The van der Waals surface area contributed by atoms with Gasteiger partial charge in [-0.05, 0) is 30.6 Å². The first kappa shape index (κ1) is 27.2. The standard InChI is InChI=1S/C24H35N3O7S/c1-13(2)16-6-7-24(33,19-17(16)8-14(20(28)29)11-34-22(19)32)12-35-23-25-10-15(26-23)9-18(21(30)31)27(3,4)5/h8,10,13,16-19,33H,6-7,9,11-12H2,1-5H3,(H2-,25,26,28,29,30,31)/t16-,17-,18+,19-,24-/m1/s1. The van der Waals surface area contributed by atoms with Crippen LogP contribution in [-0.2, 0) is 25.5 Å². The summed E-state index contributed by atoms with van der Waals surface area (Å²) >= 11 is 1.24. The van der Waals surface area contributed by atoms with Crippen molar-refractivity contribution in [2.24, 2.45) is 23.7 Å². The summed E-state index contributed by atoms with van der Waals surface area (Å²) < 4.78 is 5.47. The number of nitrogens with zero attached hydrogens (tertiary/aromatic N) is 2. The third-order valence-electron chi connectivity index (χ3n) is 7.20. The zero-order chi connectivity index (χ0) is 26.1. The van der Waals surface area contributed by atoms with Crippen LogP contribution < -0.4 is 5.11 Å². The van der Waals surface area contributed by atoms with Crippen LogP contribution in [0.5, 0.6) is 0 Å². The number of rotatable bonds is 9. The van der Waals surface area contributed by atoms with Gasteiger partial charge in [-0.3, -0.25) is 4.79 Å². The highest BCUT2D eigenvalue weighted by Crippen LogP contribution is 2.48. The quantitative estimate of drug-likeness (QED) is 0.245. The minimum absolute atomic E-state index is 0.0313. The number of ether oxygens (including phenoxy) is 1. The van der Waals surface area contributed by atoms with Crippen LogP contribution in [0.4, 0.5) is 0 Å². The van der Waals surface area contributed by atoms with Crippen molar-refractivity contribution >= 4 is 29.7 Å². The summed E-state index contributed by atoms with van der Waals surface area (Å²) in [5.74, 6) is -3.81. The topological polar surface area (TPSA) is 153 Å². The van der Waals surface area contributed by atoms with Crippen molar-refractivity contribution in [2.75, 3.05) is 33.5 Å². The first-order valence-electron chi connectivity index (χ1n) is 11.7. The number of imidazole rings is 1. The molecule has 0 spiro atoms. The van der Waals surface area contributed by atoms with E-state index in [0.29, 0.717) is 23.7 Å². The van der Waals surface area contributed by atoms with Crippen LogP contribution in [0.2, 0.25) is 0 Å². The van der Waals surface area contributed by atoms with Gasteiger partial charge in [0.15, 0.2) is 5.16 Å². The fourth-order valence-electron chi connectivity index (χ4n) is 5.15. The van der Waals surface area contributed by atoms with Crippen LogP contribution in [-0.4, -0.2) is 87.7 Å². The summed E-state index contributed by atoms with van der Waals surface area (Å²) in [5.41, 5.74) is -0.750. The Balaban J connectivity index is 1.80. The van der Waals surface area contributed by atoms with Gasteiger partial charge in [0.05, 0.1) is 44.2 Å². The molecule has 10 nitrogen and oxygen atoms in total. The van der Waals surface area contributed by atoms with Crippen LogP contribution in [0.15, 0.2) is 23.0 Å². The minimum atomic E-state index is -1.41. The van der Waals surface area contributed by atoms with Crippen molar-refractivity contribution in [1.82, 2.24) is 9.97 Å². The molecule has 0 bridgehead atoms. The molecule has 5 atom stereocenters. The number of nitrogens with one attached hydrogen (secondary N) is 1. The average Bonchev–Trinajstić information content (AvgIpc) is 3.11. The number of thioether (sulfide) groups is 1. The van der Waals surface area contributed by atoms with E-state index in [1.807, 2.05) is 13.8 Å². The number of carboxylic acids is 2. The zero-order valence-electron chi connectivity index (χ0n) is 20.8. The minimum Gasteiger partial charge on any atom is -0.544 e. The maximum Gasteiger partial charge on any atom is 0.334 e. The van der Waals surface area contributed by atoms with Crippen molar-refractivity contribution in [3.63, 3.8) is 0 Å². The number of cyclic esters (lactones) is 1. The van der Waals surface area contributed by atoms with Crippen LogP contribution in [0.3, 0.4) is 0 Å². The third-order valence-corrected chi connectivity index (χ3v) is 8.33. The molecule has 0 aromatic carbocycles. The van der Waals surface area contributed by atoms with Crippen molar-refractivity contribution in [1.29, 1.82) is 0 Å². The number of fused-ring (bicyclic) bond motifs is 1. The number of esters is 1. The fraction of sp³-hybridized carbons (Fsp3) is 0.667. The van der Waals surface area contributed by atoms with E-state index in [9.17, 15) is 29.7 Å². The van der Waals surface area contributed by atoms with Gasteiger partial charge in [-0.15, -0.1) is 0 Å². The highest BCUT2D eigenvalue weighted by Gasteiger charge is 2.53. The number of H-pyrrole nitrogens is 1. The van der Waals surface area contributed by atoms with E-state index in [2.05, 4.69) is 9.97 Å². The van der Waals surface area contributed by atoms with Gasteiger partial charge in [0.1, 0.15) is 12.6 Å². The van der Waals surface area contributed by atoms with E-state index in [1.165, 1.54) is 11.8 Å². The fourth-order valence-corrected chi connectivity index (χ4v) is 6.19. The molecule has 1 aliphatic carbocycles. The Morgan fingerprint density at radius 2 is 2.06 bits per heavy atom. The van der Waals surface area contributed by atoms with E-state index < -0.39 is 41.4 Å². The van der Waals surface area contributed by atoms with Crippen molar-refractivity contribution in [3.8, 4) is 0 Å². The van der Waals surface area contributed by atoms with Crippen molar-refractivity contribution in [2.45, 2.75) is 49.9 Å². The first-order valence-corrected chi connectivity index (χ1v) is 12.7. The number of aromatic amines is 1. The molecular weight excluding hydrogens is 474 g/mol. The molecule has 0 radical (unpaired) electrons. The summed E-state index contributed by atoms with van der Waals surface area (Å²) in [7, 11) is 5.34. The molecule has 2 heterocycles. The number of carbonyl (C=O) groups is 3. The lowest BCUT2D eigenvalue weighted by Crippen LogP contribution is -2.55. The lowest BCUT2D eigenvalue weighted by molar-refractivity contribution is -0.889. The Hall–Kier alpha value is -2.37. The molecule has 0 saturated heterocycles. The van der Waals surface area contributed by atoms with Crippen molar-refractivity contribution < 1.29 is 38.9 Å². The molecule has 1 saturated carbocycles. The lowest BCUT2D eigenvalue weighted by Gasteiger charge is -2.46. The molecule has 1 aliphatic heterocycles. The maximum atomic E-state index is 13.0. The molecule has 1 fully saturated rings. The number of aliphatic carboxylic acids is 2. The van der Waals surface area contributed by atoms with Crippen LogP contribution >= 0.6 is 11.8 Å². The number of carboxylic acid groups (broad SMARTS) is 2. The van der Waals surface area contributed by atoms with Gasteiger partial charge < -0.3 is 34.3 Å². The Bertz CT molecular complexity index is 999. The number of quaternary nitrogens is 1. The highest BCUT2D eigenvalue weighted by atomic mass is 32.2. The van der Waals surface area contributed by atoms with E-state index in [0.717, 1.165) is 0 Å². The molecule has 35 heavy (non-hydrogen) atoms. The van der Waals surface area contributed by atoms with Gasteiger partial charge in [-0.1, -0.05) is 31.7 Å². The largest absolute Gasteiger partial charge is 0.544 e. The van der Waals surface area contributed by atoms with E-state index >= 15 is 0 Å². The van der Waals surface area contributed by atoms with Crippen LogP contribution in [0.25, 0.3) is 0 Å². The average molecular weight is 510 g/mol. The molecule has 11 heteroatoms. The molecule has 1 aromatic heterocycles. The maximum absolute atomic E-state index is 13.0. The Labute approximate surface area is 209 Å². The molecule has 1 aromatic rings. The summed E-state index contributed by atoms with van der Waals surface area (Å²) in [6, 6.07) is -0.763. The monoisotopic (exact) mass is 509 g/mol. The van der Waals surface area contributed by atoms with E-state index in [4.69, 9.17) is 4.74 Å². The lowest BCUT2D eigenvalue weighted by atomic mass is 9.61. The second kappa shape index (κ2) is 10.3. The number of hydrogen-bond acceptors (Lipinski definition) is 8. The Kier molecular flexibility index (Phi) is 8.02. The summed E-state index contributed by atoms with van der Waals surface area (Å²) in [6.07, 6.45) is 4.40. The number of hydrogen-bond donors (Lipinski definition) is 3. The van der Waals surface area contributed by atoms with E-state index in [1.54, 1.807) is 33.4 Å². The molecular formula is C24H35N3O7S. The van der Waals surface area contributed by atoms with Gasteiger partial charge in [0.25, 0.3) is 0 Å². The Morgan fingerprint density at radius 1 is 1.37 bits per heavy atom. The summed E-state index contributed by atoms with van der Waals surface area (Å²) in [6.45, 7) is 3.75. The molecule has 3 N–H and O–H groups in total. The highest BCUT2D eigenvalue weighted by molar-refractivity contribution is 7.99. The Morgan fingerprint density at radius 3 is 2.63 bits per heavy atom. The number of allylic oxidation sites excluding steroid dienone is 1. The number of aliphatic hydroxyl groups is 1. The normalized spacial score (nSPS) is 28.0. The number of carbonyl (C=O) groups excluding carboxylic acids is 2. The van der Waals surface area contributed by atoms with Crippen LogP contribution in [0, 0.1) is 23.7 Å². The van der Waals surface area contributed by atoms with E-state index in [-0.39, 0.29) is 40.7 Å². The van der Waals surface area contributed by atoms with Gasteiger partial charge in [0, 0.05) is 24.1 Å². The van der Waals surface area contributed by atoms with Gasteiger partial charge in [-0.2, -0.15) is 0 Å². The molecule has 2 aliphatic rings. The number of aromatic nitrogens is 2. The van der Waals surface area contributed by atoms with Gasteiger partial charge in [-0.25, -0.2) is 9.78 Å². The summed E-state index contributed by atoms with van der Waals surface area (Å²) in [4.78, 5) is 43.6. The molecule has 0 amide bonds. The second-order valence-electron chi connectivity index (χ2n) is 10.9. The second-order valence-corrected chi connectivity index (χ2v) is 11.8. The predicted octanol–water partition coefficient (Wildman–Crippen LogP) is 0.466. The number of likely N-dealkylation sites (N-methyl/N-ethyl adjacent to an activating group) is 1. The summed E-state index contributed by atoms with van der Waals surface area (Å²) in [5, 5.41) is 33.2. The smallest absolute Gasteiger partial charge is 0.334 e. The van der Waals surface area contributed by atoms with Crippen molar-refractivity contribution in [3.05, 3.63) is 23.5 Å². The van der Waals surface area contributed by atoms with Gasteiger partial charge >= 0.3 is 11.9 Å². The first-order chi connectivity index (χ1) is 16.2. The van der Waals surface area contributed by atoms with Gasteiger partial charge in [0.2, 0.25) is 0 Å². The van der Waals surface area contributed by atoms with Crippen LogP contribution in [0.1, 0.15) is 32.4 Å². The SMILES string of the molecule is CC(C)[C@H]1CC[C@@](O)(CSc2ncc(C[C@@H](C(=O)[O-])[N+](C)(C)C)[nH]2)[C@H]2C(=O)OCC(C(=O)O)=C[C@H]12. The third kappa shape index (κ3) is 6.07.